The second kappa shape index (κ2) is 56.3. The van der Waals surface area contributed by atoms with Gasteiger partial charge in [0, 0.05) is 65.2 Å². The maximum absolute atomic E-state index is 13.3. The van der Waals surface area contributed by atoms with Crippen molar-refractivity contribution in [1.82, 2.24) is 31.5 Å². The van der Waals surface area contributed by atoms with E-state index in [1.807, 2.05) is 30.3 Å². The maximum Gasteiger partial charge on any atom is 0.306 e. The number of aliphatic hydroxyl groups is 23. The quantitative estimate of drug-likeness (QED) is 0.0164. The zero-order valence-corrected chi connectivity index (χ0v) is 64.4. The van der Waals surface area contributed by atoms with Crippen LogP contribution >= 0.6 is 0 Å². The van der Waals surface area contributed by atoms with Crippen molar-refractivity contribution in [3.05, 3.63) is 35.9 Å². The summed E-state index contributed by atoms with van der Waals surface area (Å²) in [7, 11) is 0. The van der Waals surface area contributed by atoms with Crippen LogP contribution < -0.4 is 26.6 Å². The minimum Gasteiger partial charge on any atom is -0.461 e. The van der Waals surface area contributed by atoms with Gasteiger partial charge in [0.15, 0.2) is 37.7 Å². The number of rotatable bonds is 60. The molecule has 0 aromatic heterocycles. The molecule has 5 amide bonds. The highest BCUT2D eigenvalue weighted by Gasteiger charge is 2.52. The molecule has 3 heterocycles. The Morgan fingerprint density at radius 2 is 0.845 bits per heavy atom. The Kier molecular flexibility index (Phi) is 50.1. The predicted molar refractivity (Wildman–Crippen MR) is 389 cm³/mol. The van der Waals surface area contributed by atoms with Gasteiger partial charge >= 0.3 is 5.97 Å². The van der Waals surface area contributed by atoms with Crippen molar-refractivity contribution in [2.75, 3.05) is 105 Å². The molecule has 1 aromatic rings. The Bertz CT molecular complexity index is 2880. The van der Waals surface area contributed by atoms with Crippen LogP contribution in [0.1, 0.15) is 102 Å². The van der Waals surface area contributed by atoms with Gasteiger partial charge in [-0.15, -0.1) is 0 Å². The van der Waals surface area contributed by atoms with Crippen LogP contribution in [0.4, 0.5) is 0 Å². The first-order valence-electron chi connectivity index (χ1n) is 38.6. The number of amides is 5. The number of hydrogen-bond acceptors (Lipinski definition) is 40. The number of esters is 1. The standard InChI is InChI=1S/C71H124N6O39/c78-26-18-39(82)51(91)58(98)66(104)111-37-44-55(95)65(116-71-61(101)57(97)54(94)43(35-81)113-71)63(103)70(114-44)109-30-25-76-46(86)16-8-3-11-22-73-48(88)32-77(33-49(89)74-23-12-4-9-17-50(90)110-36-38-13-5-1-6-14-38)31-47(87)72-21-10-2-7-15-45(85)75-24-29-107-67(105)62(102)64(115-68(106)59(99)52(92)40(83)19-27-79)41(84)20-28-108-69-60(100)56(96)53(93)42(34-80)112-69/h1,5-6,13-14,39-44,51-71,78-84,91-106H,2-4,7-12,15-37H2,(H,72,87)(H,73,88)(H,74,89)(H,75,85)(H,76,86). The van der Waals surface area contributed by atoms with Crippen LogP contribution in [0.15, 0.2) is 30.3 Å². The lowest BCUT2D eigenvalue weighted by Gasteiger charge is -2.46. The number of carbonyl (C=O) groups excluding carboxylic acids is 6. The van der Waals surface area contributed by atoms with E-state index in [-0.39, 0.29) is 97.2 Å². The highest BCUT2D eigenvalue weighted by atomic mass is 16.7. The first-order chi connectivity index (χ1) is 55.3. The van der Waals surface area contributed by atoms with Gasteiger partial charge in [0.1, 0.15) is 116 Å². The Labute approximate surface area is 668 Å². The SMILES string of the molecule is O=C(CCCCCNC(=O)CN(CC(=O)NCCCCCC(=O)NCCOC1OC(COC(O)C(O)C(O)C(O)CCO)C(O)C(OC2OC(CO)C(O)C(O)C2O)C1O)CC(=O)NCCCCCC(=O)OCc1ccccc1)NCCOC(O)C(O)C(OC(O)C(O)C(O)C(O)CCO)C(O)CCOC1OC(CO)C(O)C(O)C1O. The Morgan fingerprint density at radius 3 is 1.35 bits per heavy atom. The molecule has 4 rings (SSSR count). The van der Waals surface area contributed by atoms with E-state index in [1.54, 1.807) is 0 Å². The molecule has 27 unspecified atom stereocenters. The molecule has 672 valence electrons. The van der Waals surface area contributed by atoms with Crippen LogP contribution in [0.25, 0.3) is 0 Å². The summed E-state index contributed by atoms with van der Waals surface area (Å²) in [5.74, 6) is -2.85. The summed E-state index contributed by atoms with van der Waals surface area (Å²) in [6.07, 6.45) is -49.1. The number of aliphatic hydroxyl groups excluding tert-OH is 23. The van der Waals surface area contributed by atoms with Crippen LogP contribution in [0.5, 0.6) is 0 Å². The molecule has 0 spiro atoms. The number of hydrogen-bond donors (Lipinski definition) is 28. The van der Waals surface area contributed by atoms with Crippen molar-refractivity contribution >= 4 is 35.5 Å². The van der Waals surface area contributed by atoms with Crippen LogP contribution in [0, 0.1) is 0 Å². The van der Waals surface area contributed by atoms with E-state index in [9.17, 15) is 136 Å². The number of ether oxygens (including phenoxy) is 10. The first kappa shape index (κ1) is 103. The van der Waals surface area contributed by atoms with Gasteiger partial charge in [0.05, 0.1) is 77.6 Å². The maximum atomic E-state index is 13.3. The molecule has 3 fully saturated rings. The number of nitrogens with zero attached hydrogens (tertiary/aromatic N) is 1. The monoisotopic (exact) mass is 1680 g/mol. The van der Waals surface area contributed by atoms with Gasteiger partial charge in [-0.25, -0.2) is 0 Å². The summed E-state index contributed by atoms with van der Waals surface area (Å²) in [5, 5.41) is 250. The molecule has 1 aromatic carbocycles. The molecule has 0 bridgehead atoms. The lowest BCUT2D eigenvalue weighted by atomic mass is 9.97. The number of benzene rings is 1. The number of carbonyl (C=O) groups is 6. The minimum atomic E-state index is -2.47. The Balaban J connectivity index is 1.22. The summed E-state index contributed by atoms with van der Waals surface area (Å²) < 4.78 is 54.0. The second-order valence-electron chi connectivity index (χ2n) is 28.2. The van der Waals surface area contributed by atoms with Gasteiger partial charge < -0.3 is 191 Å². The van der Waals surface area contributed by atoms with Crippen LogP contribution in [-0.4, -0.2) is 429 Å². The van der Waals surface area contributed by atoms with Crippen LogP contribution in [0.3, 0.4) is 0 Å². The smallest absolute Gasteiger partial charge is 0.306 e. The fraction of sp³-hybridized carbons (Fsp3) is 0.831. The topological polar surface area (TPSA) is 723 Å². The molecule has 3 aliphatic rings. The predicted octanol–water partition coefficient (Wildman–Crippen LogP) is -12.8. The normalized spacial score (nSPS) is 26.9. The largest absolute Gasteiger partial charge is 0.461 e. The van der Waals surface area contributed by atoms with E-state index < -0.39 is 255 Å². The van der Waals surface area contributed by atoms with Crippen molar-refractivity contribution in [3.8, 4) is 0 Å². The van der Waals surface area contributed by atoms with Gasteiger partial charge in [0.25, 0.3) is 0 Å². The average molecular weight is 1690 g/mol. The Hall–Kier alpha value is -5.28. The average Bonchev–Trinajstić information content (AvgIpc) is 0.788. The molecule has 45 nitrogen and oxygen atoms in total. The minimum absolute atomic E-state index is 0.00387. The lowest BCUT2D eigenvalue weighted by molar-refractivity contribution is -0.362. The van der Waals surface area contributed by atoms with Gasteiger partial charge in [-0.05, 0) is 63.4 Å². The second-order valence-corrected chi connectivity index (χ2v) is 28.2. The summed E-state index contributed by atoms with van der Waals surface area (Å²) in [6, 6.07) is 9.16. The number of nitrogens with one attached hydrogen (secondary N) is 5. The van der Waals surface area contributed by atoms with Gasteiger partial charge in [-0.2, -0.15) is 0 Å². The third kappa shape index (κ3) is 36.6. The molecular weight excluding hydrogens is 1560 g/mol. The third-order valence-electron chi connectivity index (χ3n) is 18.9. The molecular formula is C71H124N6O39. The van der Waals surface area contributed by atoms with E-state index >= 15 is 0 Å². The lowest BCUT2D eigenvalue weighted by Crippen LogP contribution is -2.65. The summed E-state index contributed by atoms with van der Waals surface area (Å²) in [6.45, 7) is -5.99. The van der Waals surface area contributed by atoms with E-state index in [0.29, 0.717) is 57.8 Å². The van der Waals surface area contributed by atoms with Crippen LogP contribution in [-0.2, 0) is 82.7 Å². The molecule has 27 atom stereocenters. The fourth-order valence-corrected chi connectivity index (χ4v) is 12.0. The summed E-state index contributed by atoms with van der Waals surface area (Å²) >= 11 is 0. The zero-order valence-electron chi connectivity index (χ0n) is 64.4. The highest BCUT2D eigenvalue weighted by Crippen LogP contribution is 2.31. The molecule has 3 saturated heterocycles. The number of unbranched alkanes of at least 4 members (excludes halogenated alkanes) is 6. The molecule has 116 heavy (non-hydrogen) atoms. The summed E-state index contributed by atoms with van der Waals surface area (Å²) in [4.78, 5) is 78.9. The van der Waals surface area contributed by atoms with Crippen LogP contribution in [0.2, 0.25) is 0 Å². The fourth-order valence-electron chi connectivity index (χ4n) is 12.0. The van der Waals surface area contributed by atoms with E-state index in [1.165, 1.54) is 4.90 Å². The molecule has 0 aliphatic carbocycles. The van der Waals surface area contributed by atoms with Crippen molar-refractivity contribution in [1.29, 1.82) is 0 Å². The zero-order chi connectivity index (χ0) is 86.0. The molecule has 45 heteroatoms. The van der Waals surface area contributed by atoms with Gasteiger partial charge in [-0.1, -0.05) is 49.6 Å². The van der Waals surface area contributed by atoms with E-state index in [0.717, 1.165) is 5.56 Å². The molecule has 0 radical (unpaired) electrons. The molecule has 28 N–H and O–H groups in total. The highest BCUT2D eigenvalue weighted by molar-refractivity contribution is 5.84. The first-order valence-corrected chi connectivity index (χ1v) is 38.6. The molecule has 0 saturated carbocycles. The van der Waals surface area contributed by atoms with Crippen molar-refractivity contribution in [2.45, 2.75) is 269 Å². The Morgan fingerprint density at radius 1 is 0.405 bits per heavy atom. The van der Waals surface area contributed by atoms with Gasteiger partial charge in [0.2, 0.25) is 29.5 Å². The summed E-state index contributed by atoms with van der Waals surface area (Å²) in [5.41, 5.74) is 0.842. The van der Waals surface area contributed by atoms with Crippen molar-refractivity contribution < 1.29 is 194 Å². The van der Waals surface area contributed by atoms with Gasteiger partial charge in [-0.3, -0.25) is 33.7 Å². The van der Waals surface area contributed by atoms with E-state index in [2.05, 4.69) is 26.6 Å². The van der Waals surface area contributed by atoms with Crippen molar-refractivity contribution in [3.63, 3.8) is 0 Å². The van der Waals surface area contributed by atoms with E-state index in [4.69, 9.17) is 57.6 Å². The van der Waals surface area contributed by atoms with Crippen molar-refractivity contribution in [2.24, 2.45) is 0 Å². The third-order valence-corrected chi connectivity index (χ3v) is 18.9. The molecule has 3 aliphatic heterocycles.